The summed E-state index contributed by atoms with van der Waals surface area (Å²) in [5.74, 6) is -3.39. The van der Waals surface area contributed by atoms with Crippen LogP contribution in [0.15, 0.2) is 12.1 Å². The van der Waals surface area contributed by atoms with Gasteiger partial charge in [-0.1, -0.05) is 0 Å². The summed E-state index contributed by atoms with van der Waals surface area (Å²) >= 11 is 0. The Morgan fingerprint density at radius 2 is 1.90 bits per heavy atom. The van der Waals surface area contributed by atoms with Crippen LogP contribution in [0.2, 0.25) is 0 Å². The number of aliphatic carboxylic acids is 1. The van der Waals surface area contributed by atoms with Gasteiger partial charge in [0.1, 0.15) is 11.5 Å². The second-order valence-electron chi connectivity index (χ2n) is 4.51. The lowest BCUT2D eigenvalue weighted by atomic mass is 10.0. The van der Waals surface area contributed by atoms with Gasteiger partial charge in [0, 0.05) is 6.04 Å². The third-order valence-electron chi connectivity index (χ3n) is 2.96. The SMILES string of the molecule is CC(Nc1nc(C(F)(F)F)ccc1C(N)=O)C(C)C(=O)O. The Labute approximate surface area is 118 Å². The third-order valence-corrected chi connectivity index (χ3v) is 2.96. The quantitative estimate of drug-likeness (QED) is 0.768. The summed E-state index contributed by atoms with van der Waals surface area (Å²) in [5.41, 5.74) is 3.62. The molecule has 1 aromatic rings. The van der Waals surface area contributed by atoms with Crippen molar-refractivity contribution in [2.24, 2.45) is 11.7 Å². The minimum atomic E-state index is -4.69. The molecular formula is C12H14F3N3O3. The van der Waals surface area contributed by atoms with Crippen LogP contribution in [0.5, 0.6) is 0 Å². The van der Waals surface area contributed by atoms with E-state index in [9.17, 15) is 22.8 Å². The van der Waals surface area contributed by atoms with Crippen LogP contribution in [0.3, 0.4) is 0 Å². The Hall–Kier alpha value is -2.32. The van der Waals surface area contributed by atoms with E-state index in [0.717, 1.165) is 6.07 Å². The van der Waals surface area contributed by atoms with Crippen molar-refractivity contribution in [2.45, 2.75) is 26.1 Å². The second kappa shape index (κ2) is 5.98. The van der Waals surface area contributed by atoms with Crippen LogP contribution in [0.4, 0.5) is 19.0 Å². The number of nitrogens with zero attached hydrogens (tertiary/aromatic N) is 1. The highest BCUT2D eigenvalue weighted by Crippen LogP contribution is 2.29. The number of nitrogens with two attached hydrogens (primary N) is 1. The Morgan fingerprint density at radius 1 is 1.33 bits per heavy atom. The van der Waals surface area contributed by atoms with Crippen molar-refractivity contribution < 1.29 is 27.9 Å². The Kier molecular flexibility index (Phi) is 4.77. The molecular weight excluding hydrogens is 291 g/mol. The number of carbonyl (C=O) groups excluding carboxylic acids is 1. The predicted octanol–water partition coefficient (Wildman–Crippen LogP) is 1.72. The molecule has 2 atom stereocenters. The van der Waals surface area contributed by atoms with Crippen molar-refractivity contribution in [3.8, 4) is 0 Å². The van der Waals surface area contributed by atoms with Gasteiger partial charge >= 0.3 is 12.1 Å². The summed E-state index contributed by atoms with van der Waals surface area (Å²) in [4.78, 5) is 25.4. The average Bonchev–Trinajstić information content (AvgIpc) is 2.36. The van der Waals surface area contributed by atoms with Crippen LogP contribution < -0.4 is 11.1 Å². The van der Waals surface area contributed by atoms with Crippen molar-refractivity contribution in [3.05, 3.63) is 23.4 Å². The lowest BCUT2D eigenvalue weighted by Gasteiger charge is -2.20. The van der Waals surface area contributed by atoms with Gasteiger partial charge in [-0.05, 0) is 26.0 Å². The molecule has 0 aliphatic heterocycles. The van der Waals surface area contributed by atoms with E-state index >= 15 is 0 Å². The predicted molar refractivity (Wildman–Crippen MR) is 67.6 cm³/mol. The van der Waals surface area contributed by atoms with Crippen LogP contribution in [0, 0.1) is 5.92 Å². The molecule has 0 radical (unpaired) electrons. The van der Waals surface area contributed by atoms with Gasteiger partial charge < -0.3 is 16.2 Å². The first kappa shape index (κ1) is 16.7. The molecule has 1 amide bonds. The van der Waals surface area contributed by atoms with Crippen LogP contribution in [0.25, 0.3) is 0 Å². The Balaban J connectivity index is 3.18. The summed E-state index contributed by atoms with van der Waals surface area (Å²) in [5, 5.41) is 11.4. The maximum absolute atomic E-state index is 12.6. The van der Waals surface area contributed by atoms with E-state index in [1.54, 1.807) is 0 Å². The van der Waals surface area contributed by atoms with Gasteiger partial charge in [-0.2, -0.15) is 13.2 Å². The van der Waals surface area contributed by atoms with Gasteiger partial charge in [0.15, 0.2) is 0 Å². The van der Waals surface area contributed by atoms with E-state index in [1.165, 1.54) is 13.8 Å². The second-order valence-corrected chi connectivity index (χ2v) is 4.51. The monoisotopic (exact) mass is 305 g/mol. The first-order valence-electron chi connectivity index (χ1n) is 5.91. The van der Waals surface area contributed by atoms with E-state index in [-0.39, 0.29) is 5.56 Å². The number of anilines is 1. The molecule has 0 spiro atoms. The van der Waals surface area contributed by atoms with E-state index < -0.39 is 41.5 Å². The van der Waals surface area contributed by atoms with Gasteiger partial charge in [0.05, 0.1) is 11.5 Å². The summed E-state index contributed by atoms with van der Waals surface area (Å²) in [6, 6.07) is 0.784. The van der Waals surface area contributed by atoms with Crippen LogP contribution in [-0.4, -0.2) is 28.0 Å². The minimum absolute atomic E-state index is 0.243. The molecule has 0 aliphatic carbocycles. The Bertz CT molecular complexity index is 560. The van der Waals surface area contributed by atoms with E-state index in [1.807, 2.05) is 0 Å². The van der Waals surface area contributed by atoms with Crippen molar-refractivity contribution in [3.63, 3.8) is 0 Å². The zero-order valence-electron chi connectivity index (χ0n) is 11.2. The van der Waals surface area contributed by atoms with E-state index in [0.29, 0.717) is 6.07 Å². The third kappa shape index (κ3) is 4.07. The van der Waals surface area contributed by atoms with E-state index in [2.05, 4.69) is 10.3 Å². The molecule has 0 aromatic carbocycles. The molecule has 2 unspecified atom stereocenters. The summed E-state index contributed by atoms with van der Waals surface area (Å²) in [6.45, 7) is 2.82. The lowest BCUT2D eigenvalue weighted by molar-refractivity contribution is -0.142. The number of hydrogen-bond acceptors (Lipinski definition) is 4. The summed E-state index contributed by atoms with van der Waals surface area (Å²) in [6.07, 6.45) is -4.69. The first-order valence-corrected chi connectivity index (χ1v) is 5.91. The number of alkyl halides is 3. The molecule has 0 fully saturated rings. The fourth-order valence-electron chi connectivity index (χ4n) is 1.48. The first-order chi connectivity index (χ1) is 9.54. The molecule has 21 heavy (non-hydrogen) atoms. The van der Waals surface area contributed by atoms with E-state index in [4.69, 9.17) is 10.8 Å². The molecule has 0 bridgehead atoms. The average molecular weight is 305 g/mol. The zero-order valence-corrected chi connectivity index (χ0v) is 11.2. The molecule has 6 nitrogen and oxygen atoms in total. The molecule has 1 aromatic heterocycles. The maximum atomic E-state index is 12.6. The van der Waals surface area contributed by atoms with Gasteiger partial charge in [-0.3, -0.25) is 9.59 Å². The highest BCUT2D eigenvalue weighted by atomic mass is 19.4. The van der Waals surface area contributed by atoms with Crippen LogP contribution in [-0.2, 0) is 11.0 Å². The molecule has 0 saturated heterocycles. The molecule has 0 saturated carbocycles. The fourth-order valence-corrected chi connectivity index (χ4v) is 1.48. The summed E-state index contributed by atoms with van der Waals surface area (Å²) < 4.78 is 37.9. The smallest absolute Gasteiger partial charge is 0.433 e. The lowest BCUT2D eigenvalue weighted by Crippen LogP contribution is -2.31. The minimum Gasteiger partial charge on any atom is -0.481 e. The van der Waals surface area contributed by atoms with Gasteiger partial charge in [-0.25, -0.2) is 4.98 Å². The standard InChI is InChI=1S/C12H14F3N3O3/c1-5(11(20)21)6(2)17-10-7(9(16)19)3-4-8(18-10)12(13,14)15/h3-6H,1-2H3,(H2,16,19)(H,17,18)(H,20,21). The largest absolute Gasteiger partial charge is 0.481 e. The van der Waals surface area contributed by atoms with Gasteiger partial charge in [0.25, 0.3) is 5.91 Å². The highest BCUT2D eigenvalue weighted by molar-refractivity contribution is 5.97. The topological polar surface area (TPSA) is 105 Å². The highest BCUT2D eigenvalue weighted by Gasteiger charge is 2.33. The summed E-state index contributed by atoms with van der Waals surface area (Å²) in [7, 11) is 0. The normalized spacial score (nSPS) is 14.3. The molecule has 0 aliphatic rings. The molecule has 116 valence electrons. The number of nitrogens with one attached hydrogen (secondary N) is 1. The molecule has 4 N–H and O–H groups in total. The van der Waals surface area contributed by atoms with Crippen molar-refractivity contribution >= 4 is 17.7 Å². The number of carbonyl (C=O) groups is 2. The van der Waals surface area contributed by atoms with Gasteiger partial charge in [-0.15, -0.1) is 0 Å². The molecule has 1 rings (SSSR count). The Morgan fingerprint density at radius 3 is 2.33 bits per heavy atom. The molecule has 9 heteroatoms. The maximum Gasteiger partial charge on any atom is 0.433 e. The number of rotatable bonds is 5. The van der Waals surface area contributed by atoms with Crippen molar-refractivity contribution in [1.82, 2.24) is 4.98 Å². The number of hydrogen-bond donors (Lipinski definition) is 3. The number of halogens is 3. The molecule has 1 heterocycles. The van der Waals surface area contributed by atoms with Crippen LogP contribution >= 0.6 is 0 Å². The number of amides is 1. The number of aromatic nitrogens is 1. The fraction of sp³-hybridized carbons (Fsp3) is 0.417. The number of carboxylic acid groups (broad SMARTS) is 1. The number of carboxylic acids is 1. The zero-order chi connectivity index (χ0) is 16.4. The van der Waals surface area contributed by atoms with Crippen molar-refractivity contribution in [2.75, 3.05) is 5.32 Å². The van der Waals surface area contributed by atoms with Gasteiger partial charge in [0.2, 0.25) is 0 Å². The van der Waals surface area contributed by atoms with Crippen molar-refractivity contribution in [1.29, 1.82) is 0 Å². The van der Waals surface area contributed by atoms with Crippen LogP contribution in [0.1, 0.15) is 29.9 Å². The number of pyridine rings is 1. The number of primary amides is 1.